The molecule has 0 bridgehead atoms. The van der Waals surface area contributed by atoms with E-state index < -0.39 is 0 Å². The zero-order chi connectivity index (χ0) is 11.1. The van der Waals surface area contributed by atoms with Gasteiger partial charge >= 0.3 is 0 Å². The van der Waals surface area contributed by atoms with E-state index in [4.69, 9.17) is 0 Å². The summed E-state index contributed by atoms with van der Waals surface area (Å²) in [7, 11) is 0. The molecule has 0 unspecified atom stereocenters. The Labute approximate surface area is 126 Å². The maximum atomic E-state index is 12.1. The quantitative estimate of drug-likeness (QED) is 0.606. The van der Waals surface area contributed by atoms with Gasteiger partial charge in [0.05, 0.1) is 0 Å². The van der Waals surface area contributed by atoms with E-state index in [-0.39, 0.29) is 45.5 Å². The smallest absolute Gasteiger partial charge is 0.194 e. The van der Waals surface area contributed by atoms with Crippen molar-refractivity contribution in [1.82, 2.24) is 0 Å². The third kappa shape index (κ3) is 2.06. The van der Waals surface area contributed by atoms with E-state index >= 15 is 0 Å². The molecular weight excluding hydrogens is 360 g/mol. The lowest BCUT2D eigenvalue weighted by atomic mass is 9.84. The first-order valence-electron chi connectivity index (χ1n) is 5.06. The summed E-state index contributed by atoms with van der Waals surface area (Å²) in [6.07, 6.45) is 0. The van der Waals surface area contributed by atoms with Gasteiger partial charge in [0.1, 0.15) is 0 Å². The summed E-state index contributed by atoms with van der Waals surface area (Å²) in [6, 6.07) is 13.9. The predicted octanol–water partition coefficient (Wildman–Crippen LogP) is 3.62. The van der Waals surface area contributed by atoms with Crippen LogP contribution in [0.5, 0.6) is 0 Å². The number of carbonyl (C=O) groups is 2. The van der Waals surface area contributed by atoms with E-state index in [1.165, 1.54) is 0 Å². The Morgan fingerprint density at radius 2 is 0.722 bits per heavy atom. The van der Waals surface area contributed by atoms with Gasteiger partial charge in [-0.15, -0.1) is 34.0 Å². The third-order valence-electron chi connectivity index (χ3n) is 2.83. The zero-order valence-corrected chi connectivity index (χ0v) is 12.7. The predicted molar refractivity (Wildman–Crippen MR) is 80.4 cm³/mol. The lowest BCUT2D eigenvalue weighted by molar-refractivity contribution is 0.0979. The van der Waals surface area contributed by atoms with Crippen molar-refractivity contribution >= 4 is 45.5 Å². The molecule has 0 radical (unpaired) electrons. The Hall–Kier alpha value is -1.26. The van der Waals surface area contributed by atoms with Crippen LogP contribution in [0, 0.1) is 0 Å². The second kappa shape index (κ2) is 5.59. The van der Waals surface area contributed by atoms with Crippen molar-refractivity contribution < 1.29 is 9.59 Å². The molecule has 0 heterocycles. The van der Waals surface area contributed by atoms with Gasteiger partial charge in [-0.2, -0.15) is 0 Å². The summed E-state index contributed by atoms with van der Waals surface area (Å²) >= 11 is 0. The molecule has 2 aromatic carbocycles. The van der Waals surface area contributed by atoms with Crippen molar-refractivity contribution in [3.63, 3.8) is 0 Å². The minimum absolute atomic E-state index is 0. The molecular formula is C14H10Br2O2. The number of hydrogen-bond donors (Lipinski definition) is 0. The molecule has 92 valence electrons. The summed E-state index contributed by atoms with van der Waals surface area (Å²) in [5, 5.41) is 0. The lowest BCUT2D eigenvalue weighted by Crippen LogP contribution is -2.20. The van der Waals surface area contributed by atoms with Crippen LogP contribution in [0.1, 0.15) is 31.8 Å². The van der Waals surface area contributed by atoms with Crippen LogP contribution in [0.25, 0.3) is 0 Å². The van der Waals surface area contributed by atoms with Crippen LogP contribution in [-0.2, 0) is 0 Å². The molecule has 2 aromatic rings. The molecule has 0 saturated heterocycles. The average molecular weight is 370 g/mol. The fourth-order valence-corrected chi connectivity index (χ4v) is 2.05. The molecule has 0 atom stereocenters. The molecule has 0 aliphatic heterocycles. The molecule has 18 heavy (non-hydrogen) atoms. The van der Waals surface area contributed by atoms with Gasteiger partial charge in [-0.05, 0) is 0 Å². The Kier molecular flexibility index (Phi) is 4.59. The highest BCUT2D eigenvalue weighted by atomic mass is 79.9. The van der Waals surface area contributed by atoms with Gasteiger partial charge in [-0.25, -0.2) is 0 Å². The van der Waals surface area contributed by atoms with E-state index in [0.717, 1.165) is 0 Å². The van der Waals surface area contributed by atoms with Crippen molar-refractivity contribution in [2.45, 2.75) is 0 Å². The molecule has 0 aromatic heterocycles. The number of ketones is 2. The maximum Gasteiger partial charge on any atom is 0.194 e. The fourth-order valence-electron chi connectivity index (χ4n) is 2.05. The molecule has 2 nitrogen and oxygen atoms in total. The summed E-state index contributed by atoms with van der Waals surface area (Å²) in [5.74, 6) is -0.128. The van der Waals surface area contributed by atoms with Gasteiger partial charge in [0, 0.05) is 22.3 Å². The number of hydrogen-bond acceptors (Lipinski definition) is 2. The van der Waals surface area contributed by atoms with Crippen molar-refractivity contribution in [2.75, 3.05) is 0 Å². The van der Waals surface area contributed by atoms with E-state index in [1.54, 1.807) is 48.5 Å². The van der Waals surface area contributed by atoms with Gasteiger partial charge in [-0.3, -0.25) is 9.59 Å². The van der Waals surface area contributed by atoms with Crippen molar-refractivity contribution in [3.05, 3.63) is 70.8 Å². The van der Waals surface area contributed by atoms with Crippen LogP contribution < -0.4 is 0 Å². The summed E-state index contributed by atoms with van der Waals surface area (Å²) < 4.78 is 0. The van der Waals surface area contributed by atoms with Crippen molar-refractivity contribution in [3.8, 4) is 0 Å². The first-order chi connectivity index (χ1) is 7.79. The Morgan fingerprint density at radius 3 is 0.944 bits per heavy atom. The van der Waals surface area contributed by atoms with Crippen molar-refractivity contribution in [2.24, 2.45) is 0 Å². The minimum Gasteiger partial charge on any atom is -0.289 e. The van der Waals surface area contributed by atoms with Crippen LogP contribution in [-0.4, -0.2) is 11.6 Å². The normalized spacial score (nSPS) is 11.8. The minimum atomic E-state index is -0.0641. The first-order valence-corrected chi connectivity index (χ1v) is 5.06. The molecule has 3 rings (SSSR count). The standard InChI is InChI=1S/C14H8O2.2BrH/c15-13-9-5-1-2-6-10(9)14(16)12-8-4-3-7-11(12)13;;/h1-8H;2*1H. The van der Waals surface area contributed by atoms with Gasteiger partial charge in [0.2, 0.25) is 0 Å². The monoisotopic (exact) mass is 368 g/mol. The highest BCUT2D eigenvalue weighted by Gasteiger charge is 2.28. The van der Waals surface area contributed by atoms with Crippen LogP contribution in [0.2, 0.25) is 0 Å². The van der Waals surface area contributed by atoms with Gasteiger partial charge in [-0.1, -0.05) is 48.5 Å². The fraction of sp³-hybridized carbons (Fsp3) is 0. The highest BCUT2D eigenvalue weighted by molar-refractivity contribution is 8.93. The SMILES string of the molecule is Br.Br.O=C1c2ccccc2C(=O)c2ccccc21. The number of carbonyl (C=O) groups excluding carboxylic acids is 2. The second-order valence-corrected chi connectivity index (χ2v) is 3.75. The first kappa shape index (κ1) is 14.8. The van der Waals surface area contributed by atoms with Crippen LogP contribution in [0.15, 0.2) is 48.5 Å². The number of halogens is 2. The molecule has 1 aliphatic rings. The average Bonchev–Trinajstić information content (AvgIpc) is 2.36. The van der Waals surface area contributed by atoms with E-state index in [9.17, 15) is 9.59 Å². The van der Waals surface area contributed by atoms with Gasteiger partial charge in [0.25, 0.3) is 0 Å². The van der Waals surface area contributed by atoms with E-state index in [0.29, 0.717) is 22.3 Å². The second-order valence-electron chi connectivity index (χ2n) is 3.75. The van der Waals surface area contributed by atoms with Crippen LogP contribution in [0.3, 0.4) is 0 Å². The Bertz CT molecular complexity index is 515. The number of fused-ring (bicyclic) bond motifs is 2. The van der Waals surface area contributed by atoms with E-state index in [2.05, 4.69) is 0 Å². The van der Waals surface area contributed by atoms with E-state index in [1.807, 2.05) is 0 Å². The Morgan fingerprint density at radius 1 is 0.500 bits per heavy atom. The topological polar surface area (TPSA) is 34.1 Å². The molecule has 1 aliphatic carbocycles. The van der Waals surface area contributed by atoms with Gasteiger partial charge < -0.3 is 0 Å². The molecule has 0 fully saturated rings. The lowest BCUT2D eigenvalue weighted by Gasteiger charge is -2.16. The van der Waals surface area contributed by atoms with Crippen LogP contribution in [0.4, 0.5) is 0 Å². The highest BCUT2D eigenvalue weighted by Crippen LogP contribution is 2.26. The van der Waals surface area contributed by atoms with Crippen molar-refractivity contribution in [1.29, 1.82) is 0 Å². The number of benzene rings is 2. The Balaban J connectivity index is 0.000000810. The van der Waals surface area contributed by atoms with Crippen LogP contribution >= 0.6 is 34.0 Å². The summed E-state index contributed by atoms with van der Waals surface area (Å²) in [5.41, 5.74) is 2.02. The maximum absolute atomic E-state index is 12.1. The third-order valence-corrected chi connectivity index (χ3v) is 2.83. The summed E-state index contributed by atoms with van der Waals surface area (Å²) in [4.78, 5) is 24.2. The molecule has 0 saturated carbocycles. The number of rotatable bonds is 0. The summed E-state index contributed by atoms with van der Waals surface area (Å²) in [6.45, 7) is 0. The zero-order valence-electron chi connectivity index (χ0n) is 9.25. The van der Waals surface area contributed by atoms with Gasteiger partial charge in [0.15, 0.2) is 11.6 Å². The molecule has 4 heteroatoms. The molecule has 0 spiro atoms. The largest absolute Gasteiger partial charge is 0.289 e. The molecule has 0 amide bonds. The molecule has 0 N–H and O–H groups in total.